The van der Waals surface area contributed by atoms with Gasteiger partial charge in [-0.15, -0.1) is 11.3 Å². The normalized spacial score (nSPS) is 16.8. The maximum Gasteiger partial charge on any atom is 0.338 e. The molecule has 146 valence electrons. The highest BCUT2D eigenvalue weighted by Crippen LogP contribution is 2.26. The van der Waals surface area contributed by atoms with Crippen LogP contribution >= 0.6 is 22.7 Å². The van der Waals surface area contributed by atoms with Gasteiger partial charge in [-0.05, 0) is 30.0 Å². The van der Waals surface area contributed by atoms with E-state index in [1.807, 2.05) is 66.1 Å². The molecule has 0 fully saturated rings. The lowest BCUT2D eigenvalue weighted by molar-refractivity contribution is -0.136. The Balaban J connectivity index is 1.89. The van der Waals surface area contributed by atoms with E-state index in [2.05, 4.69) is 4.99 Å². The Kier molecular flexibility index (Phi) is 5.42. The average molecular weight is 423 g/mol. The Morgan fingerprint density at radius 3 is 2.69 bits per heavy atom. The van der Waals surface area contributed by atoms with Crippen molar-refractivity contribution in [2.75, 3.05) is 7.11 Å². The maximum absolute atomic E-state index is 13.2. The zero-order valence-electron chi connectivity index (χ0n) is 15.9. The largest absolute Gasteiger partial charge is 0.466 e. The summed E-state index contributed by atoms with van der Waals surface area (Å²) in [5.74, 6) is -0.485. The van der Waals surface area contributed by atoms with Crippen molar-refractivity contribution in [1.29, 1.82) is 0 Å². The molecule has 0 spiro atoms. The van der Waals surface area contributed by atoms with E-state index in [1.54, 1.807) is 22.8 Å². The molecular formula is C22H18N2O3S2. The monoisotopic (exact) mass is 422 g/mol. The smallest absolute Gasteiger partial charge is 0.338 e. The van der Waals surface area contributed by atoms with Crippen LogP contribution in [0.4, 0.5) is 0 Å². The molecule has 1 aliphatic heterocycles. The van der Waals surface area contributed by atoms with Gasteiger partial charge >= 0.3 is 5.97 Å². The first-order valence-electron chi connectivity index (χ1n) is 8.96. The summed E-state index contributed by atoms with van der Waals surface area (Å²) >= 11 is 2.89. The molecule has 0 saturated heterocycles. The summed E-state index contributed by atoms with van der Waals surface area (Å²) in [6, 6.07) is 13.1. The predicted octanol–water partition coefficient (Wildman–Crippen LogP) is 3.13. The van der Waals surface area contributed by atoms with Crippen LogP contribution in [0.1, 0.15) is 23.4 Å². The highest BCUT2D eigenvalue weighted by molar-refractivity contribution is 7.11. The van der Waals surface area contributed by atoms with Crippen LogP contribution in [0, 0.1) is 0 Å². The molecule has 0 radical (unpaired) electrons. The molecule has 0 saturated carbocycles. The third-order valence-electron chi connectivity index (χ3n) is 4.56. The van der Waals surface area contributed by atoms with Crippen LogP contribution in [0.3, 0.4) is 0 Å². The van der Waals surface area contributed by atoms with Gasteiger partial charge < -0.3 is 4.74 Å². The first kappa shape index (κ1) is 19.3. The van der Waals surface area contributed by atoms with Crippen molar-refractivity contribution in [3.63, 3.8) is 0 Å². The first-order valence-corrected chi connectivity index (χ1v) is 10.7. The minimum Gasteiger partial charge on any atom is -0.466 e. The van der Waals surface area contributed by atoms with Gasteiger partial charge in [0.15, 0.2) is 4.80 Å². The van der Waals surface area contributed by atoms with E-state index in [0.717, 1.165) is 10.4 Å². The standard InChI is InChI=1S/C22H18N2O3S2/c1-14-19(21(26)27-2)17(11-10-15-7-4-3-5-8-15)24-20(25)18(29-22(24)23-14)13-16-9-6-12-28-16/h3-13,17H,1-2H3. The molecule has 3 aromatic rings. The van der Waals surface area contributed by atoms with Crippen molar-refractivity contribution in [3.05, 3.63) is 95.3 Å². The van der Waals surface area contributed by atoms with Crippen LogP contribution in [0.15, 0.2) is 75.0 Å². The van der Waals surface area contributed by atoms with E-state index in [1.165, 1.54) is 18.4 Å². The number of allylic oxidation sites excluding steroid dienone is 2. The predicted molar refractivity (Wildman–Crippen MR) is 116 cm³/mol. The van der Waals surface area contributed by atoms with Crippen molar-refractivity contribution >= 4 is 40.8 Å². The lowest BCUT2D eigenvalue weighted by atomic mass is 10.0. The number of aromatic nitrogens is 1. The number of hydrogen-bond donors (Lipinski definition) is 0. The van der Waals surface area contributed by atoms with Crippen LogP contribution in [-0.2, 0) is 9.53 Å². The Morgan fingerprint density at radius 1 is 1.21 bits per heavy atom. The third-order valence-corrected chi connectivity index (χ3v) is 6.36. The summed E-state index contributed by atoms with van der Waals surface area (Å²) in [6.07, 6.45) is 5.62. The van der Waals surface area contributed by atoms with Gasteiger partial charge in [0, 0.05) is 4.88 Å². The number of hydrogen-bond acceptors (Lipinski definition) is 6. The number of rotatable bonds is 4. The van der Waals surface area contributed by atoms with Gasteiger partial charge in [-0.3, -0.25) is 9.36 Å². The summed E-state index contributed by atoms with van der Waals surface area (Å²) in [7, 11) is 1.34. The van der Waals surface area contributed by atoms with Gasteiger partial charge in [0.2, 0.25) is 0 Å². The van der Waals surface area contributed by atoms with E-state index >= 15 is 0 Å². The minimum absolute atomic E-state index is 0.168. The van der Waals surface area contributed by atoms with Crippen LogP contribution in [0.25, 0.3) is 12.2 Å². The Labute approximate surface area is 175 Å². The number of carbonyl (C=O) groups excluding carboxylic acids is 1. The number of benzene rings is 1. The van der Waals surface area contributed by atoms with Crippen LogP contribution in [0.2, 0.25) is 0 Å². The molecule has 0 amide bonds. The fraction of sp³-hybridized carbons (Fsp3) is 0.136. The van der Waals surface area contributed by atoms with E-state index in [-0.39, 0.29) is 5.56 Å². The molecule has 0 bridgehead atoms. The zero-order chi connectivity index (χ0) is 20.4. The van der Waals surface area contributed by atoms with Crippen molar-refractivity contribution in [1.82, 2.24) is 4.57 Å². The summed E-state index contributed by atoms with van der Waals surface area (Å²) in [6.45, 7) is 1.77. The molecule has 0 aliphatic carbocycles. The second-order valence-electron chi connectivity index (χ2n) is 6.40. The van der Waals surface area contributed by atoms with Gasteiger partial charge in [0.25, 0.3) is 5.56 Å². The number of ether oxygens (including phenoxy) is 1. The van der Waals surface area contributed by atoms with E-state index < -0.39 is 12.0 Å². The summed E-state index contributed by atoms with van der Waals surface area (Å²) < 4.78 is 7.14. The van der Waals surface area contributed by atoms with Gasteiger partial charge in [-0.25, -0.2) is 9.79 Å². The summed E-state index contributed by atoms with van der Waals surface area (Å²) in [4.78, 5) is 31.8. The topological polar surface area (TPSA) is 60.7 Å². The Morgan fingerprint density at radius 2 is 2.00 bits per heavy atom. The summed E-state index contributed by atoms with van der Waals surface area (Å²) in [5.41, 5.74) is 1.74. The Hall–Kier alpha value is -3.03. The second-order valence-corrected chi connectivity index (χ2v) is 8.39. The van der Waals surface area contributed by atoms with Crippen molar-refractivity contribution in [2.45, 2.75) is 13.0 Å². The molecule has 3 heterocycles. The number of nitrogens with zero attached hydrogens (tertiary/aromatic N) is 2. The fourth-order valence-corrected chi connectivity index (χ4v) is 4.96. The SMILES string of the molecule is COC(=O)C1=C(C)N=c2sc(=Cc3cccs3)c(=O)n2C1C=Cc1ccccc1. The molecule has 5 nitrogen and oxygen atoms in total. The second kappa shape index (κ2) is 8.14. The maximum atomic E-state index is 13.2. The molecule has 1 aromatic carbocycles. The van der Waals surface area contributed by atoms with E-state index in [9.17, 15) is 9.59 Å². The van der Waals surface area contributed by atoms with Crippen LogP contribution < -0.4 is 14.9 Å². The average Bonchev–Trinajstić information content (AvgIpc) is 3.34. The zero-order valence-corrected chi connectivity index (χ0v) is 17.5. The van der Waals surface area contributed by atoms with Crippen molar-refractivity contribution in [3.8, 4) is 0 Å². The number of thiophene rings is 1. The molecule has 1 aliphatic rings. The molecule has 1 unspecified atom stereocenters. The van der Waals surface area contributed by atoms with Crippen molar-refractivity contribution < 1.29 is 9.53 Å². The molecular weight excluding hydrogens is 404 g/mol. The van der Waals surface area contributed by atoms with Crippen molar-refractivity contribution in [2.24, 2.45) is 4.99 Å². The van der Waals surface area contributed by atoms with E-state index in [4.69, 9.17) is 4.74 Å². The van der Waals surface area contributed by atoms with Crippen LogP contribution in [-0.4, -0.2) is 17.6 Å². The molecule has 29 heavy (non-hydrogen) atoms. The number of fused-ring (bicyclic) bond motifs is 1. The Bertz CT molecular complexity index is 1280. The molecule has 7 heteroatoms. The third kappa shape index (κ3) is 3.79. The summed E-state index contributed by atoms with van der Waals surface area (Å²) in [5, 5.41) is 1.97. The highest BCUT2D eigenvalue weighted by atomic mass is 32.1. The highest BCUT2D eigenvalue weighted by Gasteiger charge is 2.29. The minimum atomic E-state index is -0.579. The van der Waals surface area contributed by atoms with Gasteiger partial charge in [0.1, 0.15) is 0 Å². The molecule has 0 N–H and O–H groups in total. The lowest BCUT2D eigenvalue weighted by Gasteiger charge is -2.21. The molecule has 1 atom stereocenters. The quantitative estimate of drug-likeness (QED) is 0.607. The molecule has 2 aromatic heterocycles. The van der Waals surface area contributed by atoms with Crippen LogP contribution in [0.5, 0.6) is 0 Å². The number of methoxy groups -OCH3 is 1. The van der Waals surface area contributed by atoms with Gasteiger partial charge in [-0.1, -0.05) is 59.9 Å². The van der Waals surface area contributed by atoms with Gasteiger partial charge in [0.05, 0.1) is 29.0 Å². The number of carbonyl (C=O) groups is 1. The van der Waals surface area contributed by atoms with E-state index in [0.29, 0.717) is 20.6 Å². The molecule has 4 rings (SSSR count). The number of thiazole rings is 1. The van der Waals surface area contributed by atoms with Gasteiger partial charge in [-0.2, -0.15) is 0 Å². The fourth-order valence-electron chi connectivity index (χ4n) is 3.19. The number of esters is 1. The first-order chi connectivity index (χ1) is 14.1. The lowest BCUT2D eigenvalue weighted by Crippen LogP contribution is -2.38.